The van der Waals surface area contributed by atoms with E-state index < -0.39 is 0 Å². The van der Waals surface area contributed by atoms with E-state index in [1.807, 2.05) is 12.1 Å². The first kappa shape index (κ1) is 23.7. The molecule has 0 bridgehead atoms. The standard InChI is InChI=1S/C29H29N5O2S/c1-36-24-14-12-23(13-15-24)26(27-28(35)34-29(37-27)30-20-31-34)33-18-16-32(17-19-33)25(21-8-4-2-5-9-21)22-10-6-3-7-11-22/h2-15,20,25-26,35H,16-19H2,1H3/p+2/t26-/m0/s1. The van der Waals surface area contributed by atoms with E-state index in [4.69, 9.17) is 4.74 Å². The van der Waals surface area contributed by atoms with Crippen LogP contribution in [0, 0.1) is 0 Å². The van der Waals surface area contributed by atoms with Gasteiger partial charge in [0.05, 0.1) is 7.11 Å². The van der Waals surface area contributed by atoms with E-state index in [1.165, 1.54) is 38.2 Å². The van der Waals surface area contributed by atoms with E-state index in [-0.39, 0.29) is 11.9 Å². The zero-order chi connectivity index (χ0) is 25.2. The van der Waals surface area contributed by atoms with E-state index >= 15 is 0 Å². The van der Waals surface area contributed by atoms with Crippen LogP contribution >= 0.6 is 11.3 Å². The molecule has 37 heavy (non-hydrogen) atoms. The van der Waals surface area contributed by atoms with Gasteiger partial charge in [-0.1, -0.05) is 72.0 Å². The minimum Gasteiger partial charge on any atom is -0.497 e. The molecule has 1 saturated heterocycles. The summed E-state index contributed by atoms with van der Waals surface area (Å²) in [4.78, 5) is 8.95. The number of rotatable bonds is 7. The highest BCUT2D eigenvalue weighted by Gasteiger charge is 2.38. The second-order valence-corrected chi connectivity index (χ2v) is 10.5. The van der Waals surface area contributed by atoms with Gasteiger partial charge < -0.3 is 19.6 Å². The summed E-state index contributed by atoms with van der Waals surface area (Å²) >= 11 is 1.52. The quantitative estimate of drug-likeness (QED) is 0.312. The van der Waals surface area contributed by atoms with Crippen molar-refractivity contribution >= 4 is 16.3 Å². The molecule has 0 spiro atoms. The van der Waals surface area contributed by atoms with Gasteiger partial charge in [0.15, 0.2) is 6.04 Å². The Morgan fingerprint density at radius 2 is 1.32 bits per heavy atom. The summed E-state index contributed by atoms with van der Waals surface area (Å²) in [6.45, 7) is 4.01. The number of piperazine rings is 1. The summed E-state index contributed by atoms with van der Waals surface area (Å²) in [5.74, 6) is 1.01. The maximum atomic E-state index is 11.1. The Labute approximate surface area is 220 Å². The zero-order valence-corrected chi connectivity index (χ0v) is 21.6. The van der Waals surface area contributed by atoms with Crippen molar-refractivity contribution in [2.24, 2.45) is 0 Å². The van der Waals surface area contributed by atoms with Crippen molar-refractivity contribution in [1.82, 2.24) is 14.6 Å². The number of nitrogens with one attached hydrogen (secondary N) is 2. The minimum absolute atomic E-state index is 0.00661. The SMILES string of the molecule is COc1ccc([C@@H](c2sc3ncnn3c2O)[NH+]2CC[NH+](C(c3ccccc3)c3ccccc3)CC2)cc1. The first-order chi connectivity index (χ1) is 18.2. The number of fused-ring (bicyclic) bond motifs is 1. The fourth-order valence-electron chi connectivity index (χ4n) is 5.68. The highest BCUT2D eigenvalue weighted by atomic mass is 32.1. The fourth-order valence-corrected chi connectivity index (χ4v) is 6.79. The van der Waals surface area contributed by atoms with Crippen LogP contribution in [0.1, 0.15) is 33.7 Å². The number of hydrogen-bond acceptors (Lipinski definition) is 5. The Balaban J connectivity index is 1.31. The molecule has 188 valence electrons. The number of aromatic nitrogens is 3. The van der Waals surface area contributed by atoms with Crippen LogP contribution in [0.25, 0.3) is 4.96 Å². The number of methoxy groups -OCH3 is 1. The summed E-state index contributed by atoms with van der Waals surface area (Å²) < 4.78 is 6.94. The lowest BCUT2D eigenvalue weighted by atomic mass is 9.96. The van der Waals surface area contributed by atoms with Crippen molar-refractivity contribution in [1.29, 1.82) is 0 Å². The van der Waals surface area contributed by atoms with Crippen LogP contribution in [0.3, 0.4) is 0 Å². The van der Waals surface area contributed by atoms with Crippen LogP contribution in [0.2, 0.25) is 0 Å². The molecule has 8 heteroatoms. The Kier molecular flexibility index (Phi) is 6.61. The van der Waals surface area contributed by atoms with Gasteiger partial charge in [-0.15, -0.1) is 0 Å². The maximum Gasteiger partial charge on any atom is 0.235 e. The van der Waals surface area contributed by atoms with Gasteiger partial charge in [0, 0.05) is 16.7 Å². The van der Waals surface area contributed by atoms with Crippen LogP contribution in [-0.4, -0.2) is 53.0 Å². The van der Waals surface area contributed by atoms with Crippen LogP contribution in [0.15, 0.2) is 91.3 Å². The van der Waals surface area contributed by atoms with Crippen LogP contribution < -0.4 is 14.5 Å². The molecule has 2 aromatic heterocycles. The number of thiazole rings is 1. The lowest BCUT2D eigenvalue weighted by Crippen LogP contribution is -3.28. The van der Waals surface area contributed by atoms with E-state index in [2.05, 4.69) is 82.9 Å². The van der Waals surface area contributed by atoms with Gasteiger partial charge in [-0.25, -0.2) is 4.98 Å². The number of ether oxygens (including phenoxy) is 1. The molecule has 3 N–H and O–H groups in total. The fraction of sp³-hybridized carbons (Fsp3) is 0.241. The smallest absolute Gasteiger partial charge is 0.235 e. The van der Waals surface area contributed by atoms with E-state index in [1.54, 1.807) is 12.0 Å². The highest BCUT2D eigenvalue weighted by Crippen LogP contribution is 2.35. The molecule has 7 nitrogen and oxygen atoms in total. The molecule has 0 unspecified atom stereocenters. The Hall–Kier alpha value is -3.72. The summed E-state index contributed by atoms with van der Waals surface area (Å²) in [6, 6.07) is 30.2. The lowest BCUT2D eigenvalue weighted by molar-refractivity contribution is -1.03. The van der Waals surface area contributed by atoms with Crippen LogP contribution in [0.5, 0.6) is 11.6 Å². The molecule has 3 aromatic carbocycles. The molecule has 6 rings (SSSR count). The zero-order valence-electron chi connectivity index (χ0n) is 20.7. The molecule has 1 fully saturated rings. The van der Waals surface area contributed by atoms with E-state index in [0.29, 0.717) is 11.0 Å². The number of aromatic hydroxyl groups is 1. The predicted molar refractivity (Wildman–Crippen MR) is 143 cm³/mol. The molecule has 3 heterocycles. The van der Waals surface area contributed by atoms with Gasteiger partial charge >= 0.3 is 0 Å². The summed E-state index contributed by atoms with van der Waals surface area (Å²) in [5, 5.41) is 15.3. The first-order valence-electron chi connectivity index (χ1n) is 12.7. The van der Waals surface area contributed by atoms with Crippen molar-refractivity contribution < 1.29 is 19.6 Å². The average molecular weight is 514 g/mol. The Morgan fingerprint density at radius 3 is 1.86 bits per heavy atom. The monoisotopic (exact) mass is 513 g/mol. The lowest BCUT2D eigenvalue weighted by Gasteiger charge is -2.38. The van der Waals surface area contributed by atoms with Crippen molar-refractivity contribution in [3.05, 3.63) is 113 Å². The van der Waals surface area contributed by atoms with Gasteiger partial charge in [0.1, 0.15) is 49.2 Å². The largest absolute Gasteiger partial charge is 0.497 e. The Bertz CT molecular complexity index is 1410. The average Bonchev–Trinajstić information content (AvgIpc) is 3.54. The second kappa shape index (κ2) is 10.3. The van der Waals surface area contributed by atoms with Gasteiger partial charge in [-0.05, 0) is 24.3 Å². The molecule has 0 aliphatic carbocycles. The topological polar surface area (TPSA) is 68.5 Å². The molecule has 0 amide bonds. The van der Waals surface area contributed by atoms with Crippen molar-refractivity contribution in [3.63, 3.8) is 0 Å². The van der Waals surface area contributed by atoms with Crippen LogP contribution in [0.4, 0.5) is 0 Å². The first-order valence-corrected chi connectivity index (χ1v) is 13.5. The number of quaternary nitrogens is 2. The van der Waals surface area contributed by atoms with E-state index in [9.17, 15) is 5.11 Å². The van der Waals surface area contributed by atoms with Crippen molar-refractivity contribution in [2.45, 2.75) is 12.1 Å². The van der Waals surface area contributed by atoms with Gasteiger partial charge in [-0.3, -0.25) is 0 Å². The molecular formula is C29H31N5O2S+2. The molecule has 1 aliphatic rings. The van der Waals surface area contributed by atoms with Gasteiger partial charge in [-0.2, -0.15) is 9.61 Å². The number of hydrogen-bond donors (Lipinski definition) is 3. The van der Waals surface area contributed by atoms with Crippen LogP contribution in [-0.2, 0) is 0 Å². The molecule has 1 aliphatic heterocycles. The summed E-state index contributed by atoms with van der Waals surface area (Å²) in [5.41, 5.74) is 3.85. The number of nitrogens with zero attached hydrogens (tertiary/aromatic N) is 3. The molecule has 0 saturated carbocycles. The third-order valence-electron chi connectivity index (χ3n) is 7.47. The van der Waals surface area contributed by atoms with Gasteiger partial charge in [0.25, 0.3) is 0 Å². The normalized spacial score (nSPS) is 18.8. The maximum absolute atomic E-state index is 11.1. The third-order valence-corrected chi connectivity index (χ3v) is 8.57. The highest BCUT2D eigenvalue weighted by molar-refractivity contribution is 7.17. The number of benzene rings is 3. The molecule has 1 atom stereocenters. The van der Waals surface area contributed by atoms with E-state index in [0.717, 1.165) is 42.4 Å². The summed E-state index contributed by atoms with van der Waals surface area (Å²) in [6.07, 6.45) is 1.49. The van der Waals surface area contributed by atoms with Crippen molar-refractivity contribution in [2.75, 3.05) is 33.3 Å². The third kappa shape index (κ3) is 4.59. The molecule has 5 aromatic rings. The second-order valence-electron chi connectivity index (χ2n) is 9.52. The van der Waals surface area contributed by atoms with Crippen molar-refractivity contribution in [3.8, 4) is 11.6 Å². The summed E-state index contributed by atoms with van der Waals surface area (Å²) in [7, 11) is 1.68. The van der Waals surface area contributed by atoms with Gasteiger partial charge in [0.2, 0.25) is 10.8 Å². The Morgan fingerprint density at radius 1 is 0.784 bits per heavy atom. The molecule has 0 radical (unpaired) electrons. The molecular weight excluding hydrogens is 482 g/mol. The predicted octanol–water partition coefficient (Wildman–Crippen LogP) is 2.17. The minimum atomic E-state index is -0.00661.